The monoisotopic (exact) mass is 340 g/mol. The zero-order valence-corrected chi connectivity index (χ0v) is 14.7. The number of amides is 1. The average Bonchev–Trinajstić information content (AvgIpc) is 3.06. The predicted octanol–water partition coefficient (Wildman–Crippen LogP) is 3.12. The van der Waals surface area contributed by atoms with Crippen LogP contribution in [0, 0.1) is 5.92 Å². The van der Waals surface area contributed by atoms with Crippen LogP contribution in [0.25, 0.3) is 16.6 Å². The number of fused-ring (bicyclic) bond motifs is 3. The third kappa shape index (κ3) is 3.43. The topological polar surface area (TPSA) is 79.3 Å². The van der Waals surface area contributed by atoms with Gasteiger partial charge in [-0.05, 0) is 24.5 Å². The minimum absolute atomic E-state index is 0.198. The number of nitrogens with one attached hydrogen (secondary N) is 2. The van der Waals surface area contributed by atoms with Crippen LogP contribution in [-0.4, -0.2) is 27.0 Å². The Morgan fingerprint density at radius 3 is 2.88 bits per heavy atom. The third-order valence-electron chi connectivity index (χ3n) is 4.72. The van der Waals surface area contributed by atoms with E-state index in [2.05, 4.69) is 29.2 Å². The number of para-hydroxylation sites is 1. The predicted molar refractivity (Wildman–Crippen MR) is 99.0 cm³/mol. The third-order valence-corrected chi connectivity index (χ3v) is 4.72. The highest BCUT2D eigenvalue weighted by molar-refractivity contribution is 6.00. The number of unbranched alkanes of at least 4 members (excludes halogenated alkanes) is 1. The summed E-state index contributed by atoms with van der Waals surface area (Å²) in [6.07, 6.45) is 6.00. The van der Waals surface area contributed by atoms with Gasteiger partial charge < -0.3 is 10.3 Å². The van der Waals surface area contributed by atoms with E-state index >= 15 is 0 Å². The van der Waals surface area contributed by atoms with Gasteiger partial charge in [-0.2, -0.15) is 5.10 Å². The molecule has 1 amide bonds. The fourth-order valence-corrected chi connectivity index (χ4v) is 3.12. The molecule has 1 unspecified atom stereocenters. The number of carbonyl (C=O) groups excluding carboxylic acids is 1. The van der Waals surface area contributed by atoms with Crippen LogP contribution in [0.3, 0.4) is 0 Å². The lowest BCUT2D eigenvalue weighted by Crippen LogP contribution is -2.29. The van der Waals surface area contributed by atoms with E-state index in [0.29, 0.717) is 34.6 Å². The number of carbonyl (C=O) groups is 1. The van der Waals surface area contributed by atoms with Crippen LogP contribution in [0.4, 0.5) is 0 Å². The van der Waals surface area contributed by atoms with Crippen molar-refractivity contribution in [3.8, 4) is 0 Å². The summed E-state index contributed by atoms with van der Waals surface area (Å²) in [4.78, 5) is 27.6. The maximum Gasteiger partial charge on any atom is 0.259 e. The summed E-state index contributed by atoms with van der Waals surface area (Å²) in [7, 11) is 0. The van der Waals surface area contributed by atoms with Crippen LogP contribution < -0.4 is 10.9 Å². The van der Waals surface area contributed by atoms with E-state index < -0.39 is 0 Å². The molecule has 132 valence electrons. The molecule has 0 spiro atoms. The zero-order chi connectivity index (χ0) is 17.8. The Labute approximate surface area is 146 Å². The fraction of sp³-hybridized carbons (Fsp3) is 0.421. The van der Waals surface area contributed by atoms with Crippen LogP contribution >= 0.6 is 0 Å². The molecule has 25 heavy (non-hydrogen) atoms. The first-order valence-corrected chi connectivity index (χ1v) is 8.92. The lowest BCUT2D eigenvalue weighted by Gasteiger charge is -2.14. The molecule has 0 fully saturated rings. The Morgan fingerprint density at radius 1 is 1.32 bits per heavy atom. The second-order valence-corrected chi connectivity index (χ2v) is 6.42. The van der Waals surface area contributed by atoms with Gasteiger partial charge in [0.05, 0.1) is 17.1 Å². The van der Waals surface area contributed by atoms with Crippen molar-refractivity contribution < 1.29 is 4.79 Å². The number of aromatic amines is 1. The van der Waals surface area contributed by atoms with Crippen LogP contribution in [0.5, 0.6) is 0 Å². The maximum absolute atomic E-state index is 12.6. The lowest BCUT2D eigenvalue weighted by atomic mass is 9.99. The van der Waals surface area contributed by atoms with E-state index in [1.807, 2.05) is 18.2 Å². The first-order chi connectivity index (χ1) is 12.2. The summed E-state index contributed by atoms with van der Waals surface area (Å²) in [6.45, 7) is 4.96. The van der Waals surface area contributed by atoms with Crippen molar-refractivity contribution in [3.05, 3.63) is 46.4 Å². The molecule has 0 aliphatic heterocycles. The Morgan fingerprint density at radius 2 is 2.12 bits per heavy atom. The first-order valence-electron chi connectivity index (χ1n) is 8.92. The molecule has 2 heterocycles. The van der Waals surface area contributed by atoms with E-state index in [-0.39, 0.29) is 11.5 Å². The minimum atomic E-state index is -0.216. The molecule has 1 atom stereocenters. The Hall–Kier alpha value is -2.63. The van der Waals surface area contributed by atoms with Gasteiger partial charge in [-0.15, -0.1) is 0 Å². The molecular weight excluding hydrogens is 316 g/mol. The molecule has 0 aliphatic carbocycles. The molecule has 3 rings (SSSR count). The molecule has 3 aromatic rings. The van der Waals surface area contributed by atoms with Gasteiger partial charge >= 0.3 is 0 Å². The summed E-state index contributed by atoms with van der Waals surface area (Å²) in [5, 5.41) is 7.83. The minimum Gasteiger partial charge on any atom is -0.352 e. The molecule has 0 bridgehead atoms. The smallest absolute Gasteiger partial charge is 0.259 e. The molecule has 6 nitrogen and oxygen atoms in total. The first kappa shape index (κ1) is 17.2. The van der Waals surface area contributed by atoms with E-state index in [1.165, 1.54) is 12.6 Å². The van der Waals surface area contributed by atoms with Crippen LogP contribution in [0.1, 0.15) is 49.9 Å². The standard InChI is InChI=1S/C19H24N4O2/c1-3-5-8-13(4-2)11-20-18(24)15-12-21-23-16-10-7-6-9-14(16)19(25)22-17(15)23/h6-7,9-10,12-13H,3-5,8,11H2,1-2H3,(H,20,24)(H,22,25). The van der Waals surface area contributed by atoms with Gasteiger partial charge in [0, 0.05) is 6.54 Å². The lowest BCUT2D eigenvalue weighted by molar-refractivity contribution is 0.0947. The summed E-state index contributed by atoms with van der Waals surface area (Å²) < 4.78 is 1.61. The number of H-pyrrole nitrogens is 1. The zero-order valence-electron chi connectivity index (χ0n) is 14.7. The van der Waals surface area contributed by atoms with Gasteiger partial charge in [-0.1, -0.05) is 45.2 Å². The quantitative estimate of drug-likeness (QED) is 0.693. The molecule has 0 radical (unpaired) electrons. The van der Waals surface area contributed by atoms with Crippen molar-refractivity contribution in [2.24, 2.45) is 5.92 Å². The van der Waals surface area contributed by atoms with E-state index in [0.717, 1.165) is 19.3 Å². The SMILES string of the molecule is CCCCC(CC)CNC(=O)c1cnn2c1[nH]c(=O)c1ccccc12. The van der Waals surface area contributed by atoms with Gasteiger partial charge in [0.15, 0.2) is 0 Å². The molecule has 0 saturated carbocycles. The maximum atomic E-state index is 12.6. The summed E-state index contributed by atoms with van der Waals surface area (Å²) >= 11 is 0. The number of nitrogens with zero attached hydrogens (tertiary/aromatic N) is 2. The molecule has 1 aromatic carbocycles. The van der Waals surface area contributed by atoms with Crippen molar-refractivity contribution in [1.29, 1.82) is 0 Å². The van der Waals surface area contributed by atoms with E-state index in [1.54, 1.807) is 10.6 Å². The summed E-state index contributed by atoms with van der Waals surface area (Å²) in [5.41, 5.74) is 1.30. The second kappa shape index (κ2) is 7.51. The number of aromatic nitrogens is 3. The molecule has 6 heteroatoms. The highest BCUT2D eigenvalue weighted by atomic mass is 16.2. The Kier molecular flexibility index (Phi) is 5.16. The highest BCUT2D eigenvalue weighted by Gasteiger charge is 2.17. The van der Waals surface area contributed by atoms with Gasteiger partial charge in [-0.3, -0.25) is 9.59 Å². The highest BCUT2D eigenvalue weighted by Crippen LogP contribution is 2.15. The normalized spacial score (nSPS) is 12.6. The molecular formula is C19H24N4O2. The van der Waals surface area contributed by atoms with E-state index in [9.17, 15) is 9.59 Å². The van der Waals surface area contributed by atoms with Crippen LogP contribution in [0.15, 0.2) is 35.3 Å². The molecule has 0 aliphatic rings. The second-order valence-electron chi connectivity index (χ2n) is 6.42. The largest absolute Gasteiger partial charge is 0.352 e. The van der Waals surface area contributed by atoms with Crippen molar-refractivity contribution in [3.63, 3.8) is 0 Å². The average molecular weight is 340 g/mol. The number of hydrogen-bond acceptors (Lipinski definition) is 3. The summed E-state index contributed by atoms with van der Waals surface area (Å²) in [6, 6.07) is 7.22. The molecule has 2 aromatic heterocycles. The number of rotatable bonds is 7. The Bertz CT molecular complexity index is 941. The van der Waals surface area contributed by atoms with Gasteiger partial charge in [0.1, 0.15) is 11.2 Å². The van der Waals surface area contributed by atoms with Gasteiger partial charge in [-0.25, -0.2) is 4.52 Å². The van der Waals surface area contributed by atoms with Crippen molar-refractivity contribution in [1.82, 2.24) is 19.9 Å². The van der Waals surface area contributed by atoms with Crippen LogP contribution in [-0.2, 0) is 0 Å². The van der Waals surface area contributed by atoms with Crippen molar-refractivity contribution in [2.45, 2.75) is 39.5 Å². The van der Waals surface area contributed by atoms with Crippen molar-refractivity contribution in [2.75, 3.05) is 6.54 Å². The van der Waals surface area contributed by atoms with Crippen LogP contribution in [0.2, 0.25) is 0 Å². The Balaban J connectivity index is 1.86. The van der Waals surface area contributed by atoms with Gasteiger partial charge in [0.2, 0.25) is 0 Å². The van der Waals surface area contributed by atoms with Gasteiger partial charge in [0.25, 0.3) is 11.5 Å². The number of benzene rings is 1. The fourth-order valence-electron chi connectivity index (χ4n) is 3.12. The van der Waals surface area contributed by atoms with E-state index in [4.69, 9.17) is 0 Å². The van der Waals surface area contributed by atoms with Crippen molar-refractivity contribution >= 4 is 22.5 Å². The number of hydrogen-bond donors (Lipinski definition) is 2. The molecule has 0 saturated heterocycles. The summed E-state index contributed by atoms with van der Waals surface area (Å²) in [5.74, 6) is 0.279. The molecule has 2 N–H and O–H groups in total.